The molecule has 2 atom stereocenters. The standard InChI is InChI=1S/C17H27N3O5/c1-11-8-15(20-25-11)23-10-14(21)19-13-7-5-6-12(13)9-18-16(22)24-17(2,3)4/h8,12-13H,5-7,9-10H2,1-4H3,(H,18,22)(H,19,21). The first-order chi connectivity index (χ1) is 11.7. The predicted octanol–water partition coefficient (Wildman–Crippen LogP) is 2.17. The van der Waals surface area contributed by atoms with Crippen LogP contribution < -0.4 is 15.4 Å². The Morgan fingerprint density at radius 2 is 2.12 bits per heavy atom. The molecule has 25 heavy (non-hydrogen) atoms. The second-order valence-electron chi connectivity index (χ2n) is 7.31. The van der Waals surface area contributed by atoms with E-state index >= 15 is 0 Å². The lowest BCUT2D eigenvalue weighted by Gasteiger charge is -2.23. The highest BCUT2D eigenvalue weighted by Gasteiger charge is 2.29. The number of hydrogen-bond donors (Lipinski definition) is 2. The molecule has 8 nitrogen and oxygen atoms in total. The molecule has 1 saturated carbocycles. The van der Waals surface area contributed by atoms with Crippen LogP contribution in [0.1, 0.15) is 45.8 Å². The minimum Gasteiger partial charge on any atom is -0.465 e. The number of aryl methyl sites for hydroxylation is 1. The summed E-state index contributed by atoms with van der Waals surface area (Å²) in [6, 6.07) is 1.64. The van der Waals surface area contributed by atoms with Crippen LogP contribution in [0.4, 0.5) is 4.79 Å². The van der Waals surface area contributed by atoms with Crippen molar-refractivity contribution in [3.05, 3.63) is 11.8 Å². The molecule has 2 rings (SSSR count). The maximum absolute atomic E-state index is 12.0. The Labute approximate surface area is 147 Å². The Hall–Kier alpha value is -2.25. The van der Waals surface area contributed by atoms with Gasteiger partial charge in [-0.25, -0.2) is 4.79 Å². The molecule has 0 bridgehead atoms. The average Bonchev–Trinajstić information content (AvgIpc) is 3.10. The third-order valence-electron chi connectivity index (χ3n) is 3.87. The lowest BCUT2D eigenvalue weighted by molar-refractivity contribution is -0.124. The molecule has 1 aliphatic rings. The third-order valence-corrected chi connectivity index (χ3v) is 3.87. The van der Waals surface area contributed by atoms with Gasteiger partial charge in [0.1, 0.15) is 11.4 Å². The minimum absolute atomic E-state index is 0.0186. The lowest BCUT2D eigenvalue weighted by atomic mass is 10.0. The molecule has 1 fully saturated rings. The minimum atomic E-state index is -0.524. The van der Waals surface area contributed by atoms with Gasteiger partial charge in [0, 0.05) is 18.7 Å². The van der Waals surface area contributed by atoms with Crippen molar-refractivity contribution in [2.75, 3.05) is 13.2 Å². The Morgan fingerprint density at radius 1 is 1.36 bits per heavy atom. The summed E-state index contributed by atoms with van der Waals surface area (Å²) in [5, 5.41) is 9.42. The summed E-state index contributed by atoms with van der Waals surface area (Å²) in [5.74, 6) is 0.891. The summed E-state index contributed by atoms with van der Waals surface area (Å²) in [6.07, 6.45) is 2.41. The van der Waals surface area contributed by atoms with E-state index in [1.54, 1.807) is 13.0 Å². The first-order valence-electron chi connectivity index (χ1n) is 8.55. The Morgan fingerprint density at radius 3 is 2.76 bits per heavy atom. The van der Waals surface area contributed by atoms with Crippen LogP contribution in [0.2, 0.25) is 0 Å². The van der Waals surface area contributed by atoms with Crippen molar-refractivity contribution in [3.63, 3.8) is 0 Å². The van der Waals surface area contributed by atoms with Gasteiger partial charge in [-0.1, -0.05) is 6.42 Å². The molecule has 2 N–H and O–H groups in total. The molecule has 0 aromatic carbocycles. The van der Waals surface area contributed by atoms with Gasteiger partial charge in [-0.15, -0.1) is 0 Å². The van der Waals surface area contributed by atoms with Crippen LogP contribution in [-0.4, -0.2) is 42.0 Å². The zero-order valence-corrected chi connectivity index (χ0v) is 15.3. The van der Waals surface area contributed by atoms with Gasteiger partial charge in [-0.3, -0.25) is 4.79 Å². The SMILES string of the molecule is Cc1cc(OCC(=O)NC2CCCC2CNC(=O)OC(C)(C)C)no1. The molecule has 0 aliphatic heterocycles. The molecule has 8 heteroatoms. The van der Waals surface area contributed by atoms with Gasteiger partial charge in [0.15, 0.2) is 6.61 Å². The van der Waals surface area contributed by atoms with Crippen molar-refractivity contribution in [1.29, 1.82) is 0 Å². The van der Waals surface area contributed by atoms with E-state index < -0.39 is 11.7 Å². The van der Waals surface area contributed by atoms with Crippen LogP contribution in [0, 0.1) is 12.8 Å². The third kappa shape index (κ3) is 6.64. The molecular formula is C17H27N3O5. The van der Waals surface area contributed by atoms with E-state index in [1.807, 2.05) is 20.8 Å². The molecular weight excluding hydrogens is 326 g/mol. The maximum atomic E-state index is 12.0. The highest BCUT2D eigenvalue weighted by atomic mass is 16.6. The van der Waals surface area contributed by atoms with E-state index in [0.717, 1.165) is 19.3 Å². The molecule has 140 valence electrons. The number of hydrogen-bond acceptors (Lipinski definition) is 6. The van der Waals surface area contributed by atoms with E-state index in [-0.39, 0.29) is 24.5 Å². The smallest absolute Gasteiger partial charge is 0.407 e. The summed E-state index contributed by atoms with van der Waals surface area (Å²) in [7, 11) is 0. The first kappa shape index (κ1) is 19.1. The molecule has 1 aliphatic carbocycles. The van der Waals surface area contributed by atoms with Gasteiger partial charge in [-0.05, 0) is 51.6 Å². The van der Waals surface area contributed by atoms with Crippen LogP contribution in [0.15, 0.2) is 10.6 Å². The normalized spacial score (nSPS) is 20.2. The van der Waals surface area contributed by atoms with Crippen molar-refractivity contribution in [3.8, 4) is 5.88 Å². The van der Waals surface area contributed by atoms with Crippen molar-refractivity contribution in [1.82, 2.24) is 15.8 Å². The van der Waals surface area contributed by atoms with Crippen LogP contribution in [0.25, 0.3) is 0 Å². The molecule has 2 amide bonds. The maximum Gasteiger partial charge on any atom is 0.407 e. The first-order valence-corrected chi connectivity index (χ1v) is 8.55. The van der Waals surface area contributed by atoms with Crippen LogP contribution >= 0.6 is 0 Å². The number of carbonyl (C=O) groups excluding carboxylic acids is 2. The van der Waals surface area contributed by atoms with Gasteiger partial charge in [-0.2, -0.15) is 0 Å². The van der Waals surface area contributed by atoms with E-state index in [2.05, 4.69) is 15.8 Å². The Kier molecular flexibility index (Phi) is 6.27. The zero-order valence-electron chi connectivity index (χ0n) is 15.3. The number of nitrogens with one attached hydrogen (secondary N) is 2. The van der Waals surface area contributed by atoms with E-state index in [4.69, 9.17) is 14.0 Å². The molecule has 2 unspecified atom stereocenters. The van der Waals surface area contributed by atoms with E-state index in [0.29, 0.717) is 18.2 Å². The van der Waals surface area contributed by atoms with Gasteiger partial charge in [0.25, 0.3) is 11.8 Å². The fourth-order valence-corrected chi connectivity index (χ4v) is 2.80. The second kappa shape index (κ2) is 8.22. The molecule has 1 aromatic rings. The Balaban J connectivity index is 1.73. The van der Waals surface area contributed by atoms with Crippen LogP contribution in [0.5, 0.6) is 5.88 Å². The summed E-state index contributed by atoms with van der Waals surface area (Å²) >= 11 is 0. The van der Waals surface area contributed by atoms with E-state index in [9.17, 15) is 9.59 Å². The van der Waals surface area contributed by atoms with Crippen molar-refractivity contribution in [2.45, 2.75) is 58.6 Å². The van der Waals surface area contributed by atoms with Gasteiger partial charge >= 0.3 is 6.09 Å². The summed E-state index contributed by atoms with van der Waals surface area (Å²) in [5.41, 5.74) is -0.524. The highest BCUT2D eigenvalue weighted by Crippen LogP contribution is 2.25. The van der Waals surface area contributed by atoms with Gasteiger partial charge < -0.3 is 24.6 Å². The summed E-state index contributed by atoms with van der Waals surface area (Å²) in [6.45, 7) is 7.57. The number of amides is 2. The van der Waals surface area contributed by atoms with E-state index in [1.165, 1.54) is 0 Å². The largest absolute Gasteiger partial charge is 0.465 e. The second-order valence-corrected chi connectivity index (χ2v) is 7.31. The number of aromatic nitrogens is 1. The number of carbonyl (C=O) groups is 2. The van der Waals surface area contributed by atoms with Gasteiger partial charge in [0.2, 0.25) is 0 Å². The van der Waals surface area contributed by atoms with Crippen molar-refractivity contribution < 1.29 is 23.6 Å². The van der Waals surface area contributed by atoms with Crippen molar-refractivity contribution in [2.24, 2.45) is 5.92 Å². The van der Waals surface area contributed by atoms with Crippen LogP contribution in [-0.2, 0) is 9.53 Å². The summed E-state index contributed by atoms with van der Waals surface area (Å²) in [4.78, 5) is 23.8. The lowest BCUT2D eigenvalue weighted by Crippen LogP contribution is -2.44. The van der Waals surface area contributed by atoms with Crippen molar-refractivity contribution >= 4 is 12.0 Å². The zero-order chi connectivity index (χ0) is 18.4. The number of nitrogens with zero attached hydrogens (tertiary/aromatic N) is 1. The summed E-state index contributed by atoms with van der Waals surface area (Å²) < 4.78 is 15.4. The molecule has 1 aromatic heterocycles. The fraction of sp³-hybridized carbons (Fsp3) is 0.706. The number of rotatable bonds is 6. The quantitative estimate of drug-likeness (QED) is 0.812. The molecule has 0 radical (unpaired) electrons. The topological polar surface area (TPSA) is 103 Å². The van der Waals surface area contributed by atoms with Gasteiger partial charge in [0.05, 0.1) is 0 Å². The number of alkyl carbamates (subject to hydrolysis) is 1. The highest BCUT2D eigenvalue weighted by molar-refractivity contribution is 5.77. The Bertz CT molecular complexity index is 593. The predicted molar refractivity (Wildman–Crippen MR) is 90.2 cm³/mol. The fourth-order valence-electron chi connectivity index (χ4n) is 2.80. The average molecular weight is 353 g/mol. The molecule has 0 spiro atoms. The number of ether oxygens (including phenoxy) is 2. The van der Waals surface area contributed by atoms with Crippen LogP contribution in [0.3, 0.4) is 0 Å². The molecule has 1 heterocycles. The monoisotopic (exact) mass is 353 g/mol. The molecule has 0 saturated heterocycles.